The van der Waals surface area contributed by atoms with E-state index in [1.54, 1.807) is 13.1 Å². The molecule has 2 rings (SSSR count). The number of hydrogen-bond donors (Lipinski definition) is 3. The zero-order valence-electron chi connectivity index (χ0n) is 19.3. The predicted molar refractivity (Wildman–Crippen MR) is 137 cm³/mol. The van der Waals surface area contributed by atoms with Gasteiger partial charge in [0.1, 0.15) is 12.4 Å². The molecule has 0 aliphatic rings. The van der Waals surface area contributed by atoms with Crippen LogP contribution >= 0.6 is 24.0 Å². The molecule has 9 heteroatoms. The van der Waals surface area contributed by atoms with Crippen LogP contribution in [0, 0.1) is 13.8 Å². The van der Waals surface area contributed by atoms with Gasteiger partial charge in [-0.1, -0.05) is 12.1 Å². The molecule has 0 unspecified atom stereocenters. The maximum atomic E-state index is 12.0. The van der Waals surface area contributed by atoms with Crippen molar-refractivity contribution in [2.45, 2.75) is 33.7 Å². The van der Waals surface area contributed by atoms with E-state index in [4.69, 9.17) is 13.9 Å². The van der Waals surface area contributed by atoms with Crippen molar-refractivity contribution in [3.05, 3.63) is 53.0 Å². The van der Waals surface area contributed by atoms with Gasteiger partial charge in [-0.2, -0.15) is 0 Å². The third-order valence-corrected chi connectivity index (χ3v) is 4.58. The molecule has 0 bridgehead atoms. The number of nitrogens with zero attached hydrogens (tertiary/aromatic N) is 1. The van der Waals surface area contributed by atoms with Crippen molar-refractivity contribution in [2.24, 2.45) is 4.99 Å². The number of carbonyl (C=O) groups is 1. The quantitative estimate of drug-likeness (QED) is 0.160. The van der Waals surface area contributed by atoms with Crippen molar-refractivity contribution >= 4 is 35.8 Å². The number of furan rings is 1. The summed E-state index contributed by atoms with van der Waals surface area (Å²) in [7, 11) is 1.73. The molecular weight excluding hydrogens is 523 g/mol. The minimum atomic E-state index is -0.193. The average molecular weight is 558 g/mol. The van der Waals surface area contributed by atoms with Gasteiger partial charge in [0.15, 0.2) is 11.7 Å². The molecule has 1 aromatic carbocycles. The van der Waals surface area contributed by atoms with Crippen LogP contribution in [0.25, 0.3) is 0 Å². The van der Waals surface area contributed by atoms with Gasteiger partial charge in [-0.15, -0.1) is 24.0 Å². The Morgan fingerprint density at radius 2 is 1.88 bits per heavy atom. The van der Waals surface area contributed by atoms with Crippen molar-refractivity contribution in [2.75, 3.05) is 40.0 Å². The molecule has 0 atom stereocenters. The van der Waals surface area contributed by atoms with Crippen LogP contribution in [0.5, 0.6) is 5.75 Å². The van der Waals surface area contributed by atoms with Crippen molar-refractivity contribution in [3.63, 3.8) is 0 Å². The fraction of sp³-hybridized carbons (Fsp3) is 0.478. The van der Waals surface area contributed by atoms with Gasteiger partial charge in [0.2, 0.25) is 0 Å². The number of aryl methyl sites for hydroxylation is 2. The number of guanidine groups is 1. The van der Waals surface area contributed by atoms with Crippen LogP contribution in [0.1, 0.15) is 40.6 Å². The van der Waals surface area contributed by atoms with E-state index in [1.165, 1.54) is 6.26 Å². The van der Waals surface area contributed by atoms with E-state index < -0.39 is 0 Å². The standard InChI is InChI=1S/C23H34N4O4.HI/c1-5-29-13-14-30-20-15-17(2)7-8-19(20)16-27-23(24-4)26-11-6-10-25-22(28)21-18(3)9-12-31-21;/h7-9,12,15H,5-6,10-11,13-14,16H2,1-4H3,(H,25,28)(H2,24,26,27);1H. The molecule has 0 fully saturated rings. The molecule has 2 aromatic rings. The van der Waals surface area contributed by atoms with Crippen LogP contribution in [0.15, 0.2) is 39.9 Å². The van der Waals surface area contributed by atoms with Gasteiger partial charge in [-0.25, -0.2) is 0 Å². The molecule has 0 saturated carbocycles. The third kappa shape index (κ3) is 9.47. The molecule has 1 heterocycles. The Morgan fingerprint density at radius 3 is 2.56 bits per heavy atom. The van der Waals surface area contributed by atoms with Crippen LogP contribution in [0.3, 0.4) is 0 Å². The summed E-state index contributed by atoms with van der Waals surface area (Å²) in [6.45, 7) is 9.41. The first-order valence-corrected chi connectivity index (χ1v) is 10.6. The highest BCUT2D eigenvalue weighted by Crippen LogP contribution is 2.20. The number of carbonyl (C=O) groups excluding carboxylic acids is 1. The van der Waals surface area contributed by atoms with Crippen LogP contribution in [-0.4, -0.2) is 51.8 Å². The zero-order valence-corrected chi connectivity index (χ0v) is 21.7. The van der Waals surface area contributed by atoms with Crippen LogP contribution in [-0.2, 0) is 11.3 Å². The number of amides is 1. The number of ether oxygens (including phenoxy) is 2. The highest BCUT2D eigenvalue weighted by Gasteiger charge is 2.11. The number of halogens is 1. The van der Waals surface area contributed by atoms with E-state index in [9.17, 15) is 4.79 Å². The van der Waals surface area contributed by atoms with Crippen molar-refractivity contribution < 1.29 is 18.7 Å². The Hall–Kier alpha value is -2.27. The molecule has 0 radical (unpaired) electrons. The van der Waals surface area contributed by atoms with E-state index in [2.05, 4.69) is 33.1 Å². The third-order valence-electron chi connectivity index (χ3n) is 4.58. The first-order chi connectivity index (χ1) is 15.0. The van der Waals surface area contributed by atoms with Gasteiger partial charge < -0.3 is 29.8 Å². The summed E-state index contributed by atoms with van der Waals surface area (Å²) in [5.74, 6) is 1.71. The molecule has 1 amide bonds. The van der Waals surface area contributed by atoms with Gasteiger partial charge in [0.25, 0.3) is 5.91 Å². The normalized spacial score (nSPS) is 10.9. The first-order valence-electron chi connectivity index (χ1n) is 10.6. The molecule has 3 N–H and O–H groups in total. The Labute approximate surface area is 207 Å². The van der Waals surface area contributed by atoms with Crippen molar-refractivity contribution in [1.29, 1.82) is 0 Å². The van der Waals surface area contributed by atoms with Crippen molar-refractivity contribution in [1.82, 2.24) is 16.0 Å². The van der Waals surface area contributed by atoms with E-state index in [0.717, 1.165) is 28.9 Å². The Bertz CT molecular complexity index is 854. The first kappa shape index (κ1) is 27.8. The molecule has 32 heavy (non-hydrogen) atoms. The molecule has 8 nitrogen and oxygen atoms in total. The molecule has 1 aromatic heterocycles. The zero-order chi connectivity index (χ0) is 22.5. The summed E-state index contributed by atoms with van der Waals surface area (Å²) in [6.07, 6.45) is 2.27. The lowest BCUT2D eigenvalue weighted by atomic mass is 10.1. The second kappa shape index (κ2) is 15.5. The molecule has 0 spiro atoms. The molecule has 0 aliphatic carbocycles. The second-order valence-electron chi connectivity index (χ2n) is 7.05. The van der Waals surface area contributed by atoms with Crippen molar-refractivity contribution in [3.8, 4) is 5.75 Å². The molecule has 0 aliphatic heterocycles. The lowest BCUT2D eigenvalue weighted by Gasteiger charge is -2.15. The molecule has 178 valence electrons. The van der Waals surface area contributed by atoms with E-state index >= 15 is 0 Å². The van der Waals surface area contributed by atoms with E-state index in [1.807, 2.05) is 26.8 Å². The Kier molecular flexibility index (Phi) is 13.5. The highest BCUT2D eigenvalue weighted by atomic mass is 127. The number of hydrogen-bond acceptors (Lipinski definition) is 5. The number of benzene rings is 1. The SMILES string of the molecule is CCOCCOc1cc(C)ccc1CNC(=NC)NCCCNC(=O)c1occc1C.I. The number of aliphatic imine (C=N–C) groups is 1. The largest absolute Gasteiger partial charge is 0.491 e. The van der Waals surface area contributed by atoms with E-state index in [0.29, 0.717) is 51.2 Å². The number of rotatable bonds is 12. The van der Waals surface area contributed by atoms with Gasteiger partial charge in [-0.3, -0.25) is 9.79 Å². The second-order valence-corrected chi connectivity index (χ2v) is 7.05. The van der Waals surface area contributed by atoms with Crippen LogP contribution < -0.4 is 20.7 Å². The number of nitrogens with one attached hydrogen (secondary N) is 3. The van der Waals surface area contributed by atoms with Gasteiger partial charge >= 0.3 is 0 Å². The van der Waals surface area contributed by atoms with E-state index in [-0.39, 0.29) is 29.9 Å². The van der Waals surface area contributed by atoms with Crippen LogP contribution in [0.2, 0.25) is 0 Å². The predicted octanol–water partition coefficient (Wildman–Crippen LogP) is 3.41. The topological polar surface area (TPSA) is 97.1 Å². The minimum Gasteiger partial charge on any atom is -0.491 e. The summed E-state index contributed by atoms with van der Waals surface area (Å²) in [5.41, 5.74) is 3.02. The molecular formula is C23H35IN4O4. The minimum absolute atomic E-state index is 0. The highest BCUT2D eigenvalue weighted by molar-refractivity contribution is 14.0. The Morgan fingerprint density at radius 1 is 1.09 bits per heavy atom. The Balaban J connectivity index is 0.00000512. The fourth-order valence-electron chi connectivity index (χ4n) is 2.88. The lowest BCUT2D eigenvalue weighted by Crippen LogP contribution is -2.38. The fourth-order valence-corrected chi connectivity index (χ4v) is 2.88. The maximum absolute atomic E-state index is 12.0. The lowest BCUT2D eigenvalue weighted by molar-refractivity contribution is 0.0925. The summed E-state index contributed by atoms with van der Waals surface area (Å²) in [6, 6.07) is 7.92. The molecule has 0 saturated heterocycles. The average Bonchev–Trinajstić information content (AvgIpc) is 3.20. The van der Waals surface area contributed by atoms with Gasteiger partial charge in [0, 0.05) is 44.4 Å². The summed E-state index contributed by atoms with van der Waals surface area (Å²) < 4.78 is 16.4. The van der Waals surface area contributed by atoms with Crippen LogP contribution in [0.4, 0.5) is 0 Å². The van der Waals surface area contributed by atoms with Gasteiger partial charge in [0.05, 0.1) is 12.9 Å². The van der Waals surface area contributed by atoms with Gasteiger partial charge in [-0.05, 0) is 44.9 Å². The summed E-state index contributed by atoms with van der Waals surface area (Å²) in [5, 5.41) is 9.41. The monoisotopic (exact) mass is 558 g/mol. The summed E-state index contributed by atoms with van der Waals surface area (Å²) in [4.78, 5) is 16.3. The maximum Gasteiger partial charge on any atom is 0.287 e. The summed E-state index contributed by atoms with van der Waals surface area (Å²) >= 11 is 0. The smallest absolute Gasteiger partial charge is 0.287 e.